The second kappa shape index (κ2) is 5.48. The van der Waals surface area contributed by atoms with E-state index in [0.29, 0.717) is 18.1 Å². The van der Waals surface area contributed by atoms with Gasteiger partial charge in [0.25, 0.3) is 0 Å². The van der Waals surface area contributed by atoms with Gasteiger partial charge in [0.05, 0.1) is 19.1 Å². The molecule has 3 rings (SSSR count). The summed E-state index contributed by atoms with van der Waals surface area (Å²) >= 11 is 0. The Labute approximate surface area is 124 Å². The van der Waals surface area contributed by atoms with Gasteiger partial charge in [-0.2, -0.15) is 4.98 Å². The fraction of sp³-hybridized carbons (Fsp3) is 0.500. The SMILES string of the molecule is COc1ccc(C)cc1Cc1nc(C2(N)CCCC2)no1. The van der Waals surface area contributed by atoms with Gasteiger partial charge in [0.15, 0.2) is 5.82 Å². The monoisotopic (exact) mass is 287 g/mol. The minimum atomic E-state index is -0.404. The van der Waals surface area contributed by atoms with Crippen LogP contribution in [0.5, 0.6) is 5.75 Å². The number of rotatable bonds is 4. The first-order valence-corrected chi connectivity index (χ1v) is 7.36. The van der Waals surface area contributed by atoms with Crippen LogP contribution >= 0.6 is 0 Å². The third-order valence-corrected chi connectivity index (χ3v) is 4.19. The van der Waals surface area contributed by atoms with Crippen molar-refractivity contribution in [3.63, 3.8) is 0 Å². The quantitative estimate of drug-likeness (QED) is 0.935. The molecule has 2 N–H and O–H groups in total. The summed E-state index contributed by atoms with van der Waals surface area (Å²) in [6, 6.07) is 6.06. The van der Waals surface area contributed by atoms with Gasteiger partial charge in [-0.15, -0.1) is 0 Å². The van der Waals surface area contributed by atoms with E-state index in [1.807, 2.05) is 12.1 Å². The van der Waals surface area contributed by atoms with E-state index in [4.69, 9.17) is 15.0 Å². The molecular weight excluding hydrogens is 266 g/mol. The Kier molecular flexibility index (Phi) is 3.68. The molecule has 1 saturated carbocycles. The average Bonchev–Trinajstić information content (AvgIpc) is 3.09. The first-order chi connectivity index (χ1) is 10.1. The van der Waals surface area contributed by atoms with Crippen molar-refractivity contribution in [2.75, 3.05) is 7.11 Å². The Morgan fingerprint density at radius 3 is 2.81 bits per heavy atom. The van der Waals surface area contributed by atoms with Crippen molar-refractivity contribution in [2.24, 2.45) is 5.73 Å². The molecule has 1 heterocycles. The molecule has 1 aliphatic rings. The highest BCUT2D eigenvalue weighted by atomic mass is 16.5. The van der Waals surface area contributed by atoms with Crippen LogP contribution in [0.4, 0.5) is 0 Å². The second-order valence-electron chi connectivity index (χ2n) is 5.87. The summed E-state index contributed by atoms with van der Waals surface area (Å²) in [4.78, 5) is 4.51. The van der Waals surface area contributed by atoms with Gasteiger partial charge in [-0.1, -0.05) is 35.7 Å². The molecule has 5 heteroatoms. The topological polar surface area (TPSA) is 74.2 Å². The van der Waals surface area contributed by atoms with Crippen molar-refractivity contribution in [3.05, 3.63) is 41.0 Å². The summed E-state index contributed by atoms with van der Waals surface area (Å²) < 4.78 is 10.8. The lowest BCUT2D eigenvalue weighted by molar-refractivity contribution is 0.350. The molecule has 0 saturated heterocycles. The minimum Gasteiger partial charge on any atom is -0.496 e. The van der Waals surface area contributed by atoms with Gasteiger partial charge in [0, 0.05) is 5.56 Å². The fourth-order valence-corrected chi connectivity index (χ4v) is 2.97. The van der Waals surface area contributed by atoms with Crippen molar-refractivity contribution in [1.82, 2.24) is 10.1 Å². The Morgan fingerprint density at radius 1 is 1.33 bits per heavy atom. The van der Waals surface area contributed by atoms with Crippen molar-refractivity contribution >= 4 is 0 Å². The minimum absolute atomic E-state index is 0.404. The summed E-state index contributed by atoms with van der Waals surface area (Å²) in [6.07, 6.45) is 4.69. The molecule has 0 unspecified atom stereocenters. The molecular formula is C16H21N3O2. The predicted octanol–water partition coefficient (Wildman–Crippen LogP) is 2.71. The van der Waals surface area contributed by atoms with Crippen molar-refractivity contribution in [1.29, 1.82) is 0 Å². The Hall–Kier alpha value is -1.88. The van der Waals surface area contributed by atoms with Crippen molar-refractivity contribution in [2.45, 2.75) is 44.6 Å². The molecule has 5 nitrogen and oxygen atoms in total. The number of benzene rings is 1. The van der Waals surface area contributed by atoms with Crippen LogP contribution in [0.25, 0.3) is 0 Å². The number of ether oxygens (including phenoxy) is 1. The lowest BCUT2D eigenvalue weighted by Gasteiger charge is -2.17. The Morgan fingerprint density at radius 2 is 2.10 bits per heavy atom. The fourth-order valence-electron chi connectivity index (χ4n) is 2.97. The van der Waals surface area contributed by atoms with Crippen LogP contribution in [0, 0.1) is 6.92 Å². The summed E-state index contributed by atoms with van der Waals surface area (Å²) in [7, 11) is 1.67. The molecule has 2 aromatic rings. The van der Waals surface area contributed by atoms with Crippen LogP contribution in [0.2, 0.25) is 0 Å². The van der Waals surface area contributed by atoms with E-state index in [1.54, 1.807) is 7.11 Å². The maximum Gasteiger partial charge on any atom is 0.231 e. The largest absolute Gasteiger partial charge is 0.496 e. The van der Waals surface area contributed by atoms with Gasteiger partial charge < -0.3 is 15.0 Å². The first-order valence-electron chi connectivity index (χ1n) is 7.36. The van der Waals surface area contributed by atoms with E-state index in [0.717, 1.165) is 37.0 Å². The van der Waals surface area contributed by atoms with E-state index < -0.39 is 5.54 Å². The lowest BCUT2D eigenvalue weighted by Crippen LogP contribution is -2.34. The molecule has 1 aromatic heterocycles. The second-order valence-corrected chi connectivity index (χ2v) is 5.87. The zero-order valence-electron chi connectivity index (χ0n) is 12.6. The molecule has 0 atom stereocenters. The molecule has 1 aromatic carbocycles. The van der Waals surface area contributed by atoms with Crippen LogP contribution in [0.1, 0.15) is 48.5 Å². The predicted molar refractivity (Wildman–Crippen MR) is 79.2 cm³/mol. The highest BCUT2D eigenvalue weighted by Gasteiger charge is 2.35. The molecule has 0 radical (unpaired) electrons. The van der Waals surface area contributed by atoms with Gasteiger partial charge in [0.1, 0.15) is 5.75 Å². The molecule has 112 valence electrons. The summed E-state index contributed by atoms with van der Waals surface area (Å²) in [5.74, 6) is 2.07. The Bertz CT molecular complexity index is 630. The third kappa shape index (κ3) is 2.78. The van der Waals surface area contributed by atoms with Crippen molar-refractivity contribution < 1.29 is 9.26 Å². The molecule has 0 amide bonds. The van der Waals surface area contributed by atoms with Crippen molar-refractivity contribution in [3.8, 4) is 5.75 Å². The zero-order chi connectivity index (χ0) is 14.9. The van der Waals surface area contributed by atoms with Gasteiger partial charge in [-0.05, 0) is 25.8 Å². The maximum absolute atomic E-state index is 6.36. The number of hydrogen-bond donors (Lipinski definition) is 1. The highest BCUT2D eigenvalue weighted by molar-refractivity contribution is 5.38. The summed E-state index contributed by atoms with van der Waals surface area (Å²) in [6.45, 7) is 2.05. The highest BCUT2D eigenvalue weighted by Crippen LogP contribution is 2.34. The zero-order valence-corrected chi connectivity index (χ0v) is 12.6. The number of hydrogen-bond acceptors (Lipinski definition) is 5. The smallest absolute Gasteiger partial charge is 0.231 e. The molecule has 0 aliphatic heterocycles. The van der Waals surface area contributed by atoms with Gasteiger partial charge in [0.2, 0.25) is 5.89 Å². The molecule has 0 bridgehead atoms. The van der Waals surface area contributed by atoms with E-state index in [-0.39, 0.29) is 0 Å². The standard InChI is InChI=1S/C16H21N3O2/c1-11-5-6-13(20-2)12(9-11)10-14-18-15(19-21-14)16(17)7-3-4-8-16/h5-6,9H,3-4,7-8,10,17H2,1-2H3. The van der Waals surface area contributed by atoms with Crippen LogP contribution in [0.15, 0.2) is 22.7 Å². The first kappa shape index (κ1) is 14.1. The molecule has 21 heavy (non-hydrogen) atoms. The number of aryl methyl sites for hydroxylation is 1. The van der Waals surface area contributed by atoms with Gasteiger partial charge in [-0.3, -0.25) is 0 Å². The summed E-state index contributed by atoms with van der Waals surface area (Å²) in [5, 5.41) is 4.09. The van der Waals surface area contributed by atoms with Crippen LogP contribution in [-0.2, 0) is 12.0 Å². The van der Waals surface area contributed by atoms with E-state index in [9.17, 15) is 0 Å². The third-order valence-electron chi connectivity index (χ3n) is 4.19. The lowest BCUT2D eigenvalue weighted by atomic mass is 9.98. The van der Waals surface area contributed by atoms with Gasteiger partial charge in [-0.25, -0.2) is 0 Å². The van der Waals surface area contributed by atoms with Gasteiger partial charge >= 0.3 is 0 Å². The summed E-state index contributed by atoms with van der Waals surface area (Å²) in [5.41, 5.74) is 8.18. The van der Waals surface area contributed by atoms with Crippen LogP contribution < -0.4 is 10.5 Å². The molecule has 0 spiro atoms. The Balaban J connectivity index is 1.83. The van der Waals surface area contributed by atoms with E-state index in [1.165, 1.54) is 5.56 Å². The number of nitrogens with two attached hydrogens (primary N) is 1. The number of aromatic nitrogens is 2. The molecule has 1 fully saturated rings. The van der Waals surface area contributed by atoms with E-state index >= 15 is 0 Å². The molecule has 1 aliphatic carbocycles. The van der Waals surface area contributed by atoms with Crippen LogP contribution in [-0.4, -0.2) is 17.3 Å². The average molecular weight is 287 g/mol. The normalized spacial score (nSPS) is 17.1. The van der Waals surface area contributed by atoms with E-state index in [2.05, 4.69) is 23.1 Å². The van der Waals surface area contributed by atoms with Crippen LogP contribution in [0.3, 0.4) is 0 Å². The maximum atomic E-state index is 6.36. The number of methoxy groups -OCH3 is 1. The number of nitrogens with zero attached hydrogens (tertiary/aromatic N) is 2.